The van der Waals surface area contributed by atoms with Crippen molar-refractivity contribution in [3.8, 4) is 5.75 Å². The number of anilines is 1. The lowest BCUT2D eigenvalue weighted by Gasteiger charge is -2.18. The molecule has 1 unspecified atom stereocenters. The third-order valence-electron chi connectivity index (χ3n) is 4.20. The lowest BCUT2D eigenvalue weighted by molar-refractivity contribution is -0.132. The van der Waals surface area contributed by atoms with Gasteiger partial charge in [-0.15, -0.1) is 0 Å². The Hall–Kier alpha value is -2.60. The fourth-order valence-electron chi connectivity index (χ4n) is 2.85. The van der Waals surface area contributed by atoms with Gasteiger partial charge in [-0.1, -0.05) is 32.0 Å². The van der Waals surface area contributed by atoms with E-state index in [1.807, 2.05) is 19.9 Å². The highest BCUT2D eigenvalue weighted by atomic mass is 19.1. The van der Waals surface area contributed by atoms with Gasteiger partial charge < -0.3 is 20.1 Å². The SMILES string of the molecule is CC.O=C(COc1ccc(CO)cc1)N1CCC(Nc2cccc(F)c2)C1. The highest BCUT2D eigenvalue weighted by Crippen LogP contribution is 2.18. The Morgan fingerprint density at radius 2 is 2.00 bits per heavy atom. The summed E-state index contributed by atoms with van der Waals surface area (Å²) in [4.78, 5) is 14.0. The number of nitrogens with one attached hydrogen (secondary N) is 1. The summed E-state index contributed by atoms with van der Waals surface area (Å²) in [7, 11) is 0. The molecule has 1 aliphatic heterocycles. The fraction of sp³-hybridized carbons (Fsp3) is 0.381. The second kappa shape index (κ2) is 10.5. The van der Waals surface area contributed by atoms with Gasteiger partial charge in [0.1, 0.15) is 11.6 Å². The molecule has 0 saturated carbocycles. The molecule has 1 fully saturated rings. The number of benzene rings is 2. The summed E-state index contributed by atoms with van der Waals surface area (Å²) in [6.45, 7) is 5.18. The van der Waals surface area contributed by atoms with Crippen LogP contribution in [0.5, 0.6) is 5.75 Å². The summed E-state index contributed by atoms with van der Waals surface area (Å²) < 4.78 is 18.7. The van der Waals surface area contributed by atoms with E-state index in [1.165, 1.54) is 12.1 Å². The number of hydrogen-bond donors (Lipinski definition) is 2. The van der Waals surface area contributed by atoms with Crippen LogP contribution in [0.15, 0.2) is 48.5 Å². The maximum Gasteiger partial charge on any atom is 0.260 e. The average molecular weight is 374 g/mol. The standard InChI is InChI=1S/C19H21FN2O3.C2H6/c20-15-2-1-3-16(10-15)21-17-8-9-22(11-17)19(24)13-25-18-6-4-14(12-23)5-7-18;1-2/h1-7,10,17,21,23H,8-9,11-13H2;1-2H3. The fourth-order valence-corrected chi connectivity index (χ4v) is 2.85. The van der Waals surface area contributed by atoms with Crippen molar-refractivity contribution in [2.75, 3.05) is 25.0 Å². The summed E-state index contributed by atoms with van der Waals surface area (Å²) in [5.74, 6) is 0.241. The van der Waals surface area contributed by atoms with E-state index in [2.05, 4.69) is 5.32 Å². The van der Waals surface area contributed by atoms with E-state index in [4.69, 9.17) is 9.84 Å². The normalized spacial score (nSPS) is 15.7. The van der Waals surface area contributed by atoms with Crippen LogP contribution in [-0.2, 0) is 11.4 Å². The lowest BCUT2D eigenvalue weighted by atomic mass is 10.2. The molecule has 1 atom stereocenters. The Kier molecular flexibility index (Phi) is 8.07. The molecule has 0 radical (unpaired) electrons. The van der Waals surface area contributed by atoms with Crippen molar-refractivity contribution in [2.24, 2.45) is 0 Å². The van der Waals surface area contributed by atoms with Crippen LogP contribution in [0.1, 0.15) is 25.8 Å². The Bertz CT molecular complexity index is 722. The Labute approximate surface area is 159 Å². The van der Waals surface area contributed by atoms with Crippen LogP contribution in [0.3, 0.4) is 0 Å². The number of hydrogen-bond acceptors (Lipinski definition) is 4. The van der Waals surface area contributed by atoms with Crippen molar-refractivity contribution < 1.29 is 19.0 Å². The highest BCUT2D eigenvalue weighted by molar-refractivity contribution is 5.78. The van der Waals surface area contributed by atoms with E-state index in [0.717, 1.165) is 17.7 Å². The van der Waals surface area contributed by atoms with Crippen LogP contribution in [0.2, 0.25) is 0 Å². The van der Waals surface area contributed by atoms with Gasteiger partial charge >= 0.3 is 0 Å². The highest BCUT2D eigenvalue weighted by Gasteiger charge is 2.26. The molecular formula is C21H27FN2O3. The molecule has 5 nitrogen and oxygen atoms in total. The molecule has 27 heavy (non-hydrogen) atoms. The minimum absolute atomic E-state index is 0.0211. The summed E-state index contributed by atoms with van der Waals surface area (Å²) in [5, 5.41) is 12.3. The zero-order valence-corrected chi connectivity index (χ0v) is 15.8. The van der Waals surface area contributed by atoms with Gasteiger partial charge in [0.05, 0.1) is 6.61 Å². The van der Waals surface area contributed by atoms with Gasteiger partial charge in [0.25, 0.3) is 5.91 Å². The average Bonchev–Trinajstić information content (AvgIpc) is 3.16. The van der Waals surface area contributed by atoms with Crippen LogP contribution in [-0.4, -0.2) is 41.7 Å². The molecule has 6 heteroatoms. The number of rotatable bonds is 6. The van der Waals surface area contributed by atoms with Crippen molar-refractivity contribution in [3.05, 3.63) is 59.9 Å². The zero-order chi connectivity index (χ0) is 19.6. The third kappa shape index (κ3) is 6.25. The van der Waals surface area contributed by atoms with E-state index < -0.39 is 0 Å². The van der Waals surface area contributed by atoms with Crippen LogP contribution in [0.4, 0.5) is 10.1 Å². The molecule has 2 aromatic carbocycles. The van der Waals surface area contributed by atoms with Gasteiger partial charge in [0, 0.05) is 24.8 Å². The number of aliphatic hydroxyl groups excluding tert-OH is 1. The molecule has 1 aliphatic rings. The number of halogens is 1. The predicted molar refractivity (Wildman–Crippen MR) is 104 cm³/mol. The smallest absolute Gasteiger partial charge is 0.260 e. The summed E-state index contributed by atoms with van der Waals surface area (Å²) in [6.07, 6.45) is 0.813. The molecule has 1 amide bonds. The summed E-state index contributed by atoms with van der Waals surface area (Å²) in [6, 6.07) is 13.4. The van der Waals surface area contributed by atoms with E-state index in [0.29, 0.717) is 18.8 Å². The first-order chi connectivity index (χ1) is 13.1. The van der Waals surface area contributed by atoms with Gasteiger partial charge in [-0.25, -0.2) is 4.39 Å². The first-order valence-electron chi connectivity index (χ1n) is 9.26. The van der Waals surface area contributed by atoms with Gasteiger partial charge in [0.15, 0.2) is 6.61 Å². The van der Waals surface area contributed by atoms with Crippen molar-refractivity contribution in [3.63, 3.8) is 0 Å². The quantitative estimate of drug-likeness (QED) is 0.813. The molecule has 0 bridgehead atoms. The van der Waals surface area contributed by atoms with Crippen molar-refractivity contribution in [2.45, 2.75) is 32.9 Å². The predicted octanol–water partition coefficient (Wildman–Crippen LogP) is 3.44. The molecule has 0 spiro atoms. The van der Waals surface area contributed by atoms with Crippen molar-refractivity contribution in [1.82, 2.24) is 4.90 Å². The van der Waals surface area contributed by atoms with Crippen LogP contribution < -0.4 is 10.1 Å². The summed E-state index contributed by atoms with van der Waals surface area (Å²) in [5.41, 5.74) is 1.52. The number of likely N-dealkylation sites (tertiary alicyclic amines) is 1. The monoisotopic (exact) mass is 374 g/mol. The molecule has 2 N–H and O–H groups in total. The number of carbonyl (C=O) groups is 1. The molecule has 0 aromatic heterocycles. The van der Waals surface area contributed by atoms with Crippen LogP contribution in [0.25, 0.3) is 0 Å². The van der Waals surface area contributed by atoms with E-state index >= 15 is 0 Å². The molecule has 1 saturated heterocycles. The Morgan fingerprint density at radius 1 is 1.26 bits per heavy atom. The van der Waals surface area contributed by atoms with Gasteiger partial charge in [-0.2, -0.15) is 0 Å². The first kappa shape index (κ1) is 20.7. The molecule has 0 aliphatic carbocycles. The minimum atomic E-state index is -0.281. The molecular weight excluding hydrogens is 347 g/mol. The van der Waals surface area contributed by atoms with E-state index in [-0.39, 0.29) is 31.0 Å². The van der Waals surface area contributed by atoms with Crippen molar-refractivity contribution in [1.29, 1.82) is 0 Å². The lowest BCUT2D eigenvalue weighted by Crippen LogP contribution is -2.35. The molecule has 1 heterocycles. The maximum absolute atomic E-state index is 13.2. The molecule has 2 aromatic rings. The Balaban J connectivity index is 0.00000126. The zero-order valence-electron chi connectivity index (χ0n) is 15.8. The molecule has 3 rings (SSSR count). The van der Waals surface area contributed by atoms with Crippen molar-refractivity contribution >= 4 is 11.6 Å². The van der Waals surface area contributed by atoms with Crippen LogP contribution >= 0.6 is 0 Å². The Morgan fingerprint density at radius 3 is 2.67 bits per heavy atom. The van der Waals surface area contributed by atoms with Gasteiger partial charge in [-0.3, -0.25) is 4.79 Å². The van der Waals surface area contributed by atoms with E-state index in [1.54, 1.807) is 35.2 Å². The third-order valence-corrected chi connectivity index (χ3v) is 4.20. The summed E-state index contributed by atoms with van der Waals surface area (Å²) >= 11 is 0. The second-order valence-corrected chi connectivity index (χ2v) is 6.07. The molecule has 146 valence electrons. The first-order valence-corrected chi connectivity index (χ1v) is 9.26. The largest absolute Gasteiger partial charge is 0.484 e. The number of carbonyl (C=O) groups excluding carboxylic acids is 1. The van der Waals surface area contributed by atoms with Crippen LogP contribution in [0, 0.1) is 5.82 Å². The number of ether oxygens (including phenoxy) is 1. The van der Waals surface area contributed by atoms with Gasteiger partial charge in [0.2, 0.25) is 0 Å². The van der Waals surface area contributed by atoms with Gasteiger partial charge in [-0.05, 0) is 42.3 Å². The maximum atomic E-state index is 13.2. The number of aliphatic hydroxyl groups is 1. The second-order valence-electron chi connectivity index (χ2n) is 6.07. The number of amides is 1. The topological polar surface area (TPSA) is 61.8 Å². The number of nitrogens with zero attached hydrogens (tertiary/aromatic N) is 1. The van der Waals surface area contributed by atoms with E-state index in [9.17, 15) is 9.18 Å². The minimum Gasteiger partial charge on any atom is -0.484 e.